The number of aryl methyl sites for hydroxylation is 2. The first kappa shape index (κ1) is 19.9. The number of nitrogens with one attached hydrogen (secondary N) is 1. The molecule has 0 saturated carbocycles. The normalized spacial score (nSPS) is 16.5. The second-order valence-corrected chi connectivity index (χ2v) is 7.41. The van der Waals surface area contributed by atoms with E-state index >= 15 is 0 Å². The molecular formula is C23H28N2O3. The number of hydrogen-bond donors (Lipinski definition) is 1. The van der Waals surface area contributed by atoms with Crippen molar-refractivity contribution in [2.75, 3.05) is 25.0 Å². The summed E-state index contributed by atoms with van der Waals surface area (Å²) in [5, 5.41) is 2.97. The van der Waals surface area contributed by atoms with E-state index in [1.54, 1.807) is 4.90 Å². The van der Waals surface area contributed by atoms with Gasteiger partial charge in [0.15, 0.2) is 0 Å². The molecule has 0 radical (unpaired) electrons. The predicted octanol–water partition coefficient (Wildman–Crippen LogP) is 4.19. The van der Waals surface area contributed by atoms with E-state index in [-0.39, 0.29) is 17.7 Å². The number of likely N-dealkylation sites (tertiary alicyclic amines) is 1. The van der Waals surface area contributed by atoms with Gasteiger partial charge in [-0.05, 0) is 70.0 Å². The molecule has 28 heavy (non-hydrogen) atoms. The number of benzene rings is 2. The van der Waals surface area contributed by atoms with Gasteiger partial charge in [0, 0.05) is 24.3 Å². The van der Waals surface area contributed by atoms with Crippen LogP contribution in [0.1, 0.15) is 41.3 Å². The van der Waals surface area contributed by atoms with Crippen LogP contribution in [0.4, 0.5) is 5.69 Å². The predicted molar refractivity (Wildman–Crippen MR) is 111 cm³/mol. The summed E-state index contributed by atoms with van der Waals surface area (Å²) in [6.45, 7) is 7.68. The maximum absolute atomic E-state index is 12.9. The number of ether oxygens (including phenoxy) is 1. The Labute approximate surface area is 166 Å². The van der Waals surface area contributed by atoms with Gasteiger partial charge in [0.1, 0.15) is 5.75 Å². The van der Waals surface area contributed by atoms with Crippen LogP contribution in [0.15, 0.2) is 42.5 Å². The molecule has 0 aliphatic carbocycles. The number of carbonyl (C=O) groups excluding carboxylic acids is 2. The van der Waals surface area contributed by atoms with Gasteiger partial charge in [0.05, 0.1) is 12.5 Å². The monoisotopic (exact) mass is 380 g/mol. The Morgan fingerprint density at radius 2 is 1.79 bits per heavy atom. The highest BCUT2D eigenvalue weighted by Gasteiger charge is 2.29. The van der Waals surface area contributed by atoms with Crippen LogP contribution in [0.25, 0.3) is 0 Å². The molecule has 148 valence electrons. The van der Waals surface area contributed by atoms with Crippen LogP contribution in [0.3, 0.4) is 0 Å². The minimum absolute atomic E-state index is 0.00497. The Kier molecular flexibility index (Phi) is 6.34. The summed E-state index contributed by atoms with van der Waals surface area (Å²) in [6, 6.07) is 13.2. The molecule has 1 saturated heterocycles. The van der Waals surface area contributed by atoms with Crippen molar-refractivity contribution in [3.8, 4) is 5.75 Å². The first-order valence-electron chi connectivity index (χ1n) is 9.87. The molecule has 1 atom stereocenters. The first-order chi connectivity index (χ1) is 13.5. The van der Waals surface area contributed by atoms with Crippen molar-refractivity contribution in [3.05, 3.63) is 59.2 Å². The van der Waals surface area contributed by atoms with Crippen LogP contribution in [0.2, 0.25) is 0 Å². The van der Waals surface area contributed by atoms with Gasteiger partial charge in [0.2, 0.25) is 5.91 Å². The molecule has 1 N–H and O–H groups in total. The Morgan fingerprint density at radius 1 is 1.11 bits per heavy atom. The van der Waals surface area contributed by atoms with Crippen molar-refractivity contribution in [2.45, 2.75) is 33.6 Å². The summed E-state index contributed by atoms with van der Waals surface area (Å²) in [7, 11) is 0. The standard InChI is InChI=1S/C23H28N2O3/c1-4-28-21-9-7-20(8-10-21)24-22(26)18-6-5-11-25(15-18)23(27)19-13-16(2)12-17(3)14-19/h7-10,12-14,18H,4-6,11,15H2,1-3H3,(H,24,26)/t18-/m0/s1. The molecule has 1 aliphatic rings. The highest BCUT2D eigenvalue weighted by molar-refractivity contribution is 5.96. The Bertz CT molecular complexity index is 825. The van der Waals surface area contributed by atoms with Gasteiger partial charge in [-0.3, -0.25) is 9.59 Å². The Morgan fingerprint density at radius 3 is 2.43 bits per heavy atom. The summed E-state index contributed by atoms with van der Waals surface area (Å²) in [6.07, 6.45) is 1.62. The number of carbonyl (C=O) groups is 2. The minimum Gasteiger partial charge on any atom is -0.494 e. The van der Waals surface area contributed by atoms with Gasteiger partial charge < -0.3 is 15.0 Å². The van der Waals surface area contributed by atoms with Crippen LogP contribution in [-0.4, -0.2) is 36.4 Å². The fourth-order valence-electron chi connectivity index (χ4n) is 3.70. The van der Waals surface area contributed by atoms with Crippen molar-refractivity contribution in [3.63, 3.8) is 0 Å². The molecule has 0 bridgehead atoms. The van der Waals surface area contributed by atoms with E-state index in [0.717, 1.165) is 35.4 Å². The van der Waals surface area contributed by atoms with Gasteiger partial charge in [-0.15, -0.1) is 0 Å². The summed E-state index contributed by atoms with van der Waals surface area (Å²) in [5.41, 5.74) is 3.59. The van der Waals surface area contributed by atoms with Gasteiger partial charge in [-0.1, -0.05) is 17.2 Å². The molecule has 0 aromatic heterocycles. The van der Waals surface area contributed by atoms with Gasteiger partial charge in [-0.2, -0.15) is 0 Å². The van der Waals surface area contributed by atoms with Crippen LogP contribution in [-0.2, 0) is 4.79 Å². The Hall–Kier alpha value is -2.82. The number of nitrogens with zero attached hydrogens (tertiary/aromatic N) is 1. The largest absolute Gasteiger partial charge is 0.494 e. The number of amides is 2. The van der Waals surface area contributed by atoms with Gasteiger partial charge in [0.25, 0.3) is 5.91 Å². The third kappa shape index (κ3) is 4.91. The number of anilines is 1. The lowest BCUT2D eigenvalue weighted by molar-refractivity contribution is -0.121. The smallest absolute Gasteiger partial charge is 0.253 e. The number of piperidine rings is 1. The van der Waals surface area contributed by atoms with Gasteiger partial charge in [-0.25, -0.2) is 0 Å². The maximum atomic E-state index is 12.9. The summed E-state index contributed by atoms with van der Waals surface area (Å²) in [4.78, 5) is 27.4. The van der Waals surface area contributed by atoms with Crippen molar-refractivity contribution in [1.29, 1.82) is 0 Å². The van der Waals surface area contributed by atoms with Crippen LogP contribution < -0.4 is 10.1 Å². The maximum Gasteiger partial charge on any atom is 0.253 e. The van der Waals surface area contributed by atoms with Crippen LogP contribution in [0.5, 0.6) is 5.75 Å². The molecule has 0 unspecified atom stereocenters. The zero-order chi connectivity index (χ0) is 20.1. The summed E-state index contributed by atoms with van der Waals surface area (Å²) in [5.74, 6) is 0.547. The van der Waals surface area contributed by atoms with E-state index < -0.39 is 0 Å². The van der Waals surface area contributed by atoms with E-state index in [9.17, 15) is 9.59 Å². The van der Waals surface area contributed by atoms with E-state index in [4.69, 9.17) is 4.74 Å². The zero-order valence-electron chi connectivity index (χ0n) is 16.8. The van der Waals surface area contributed by atoms with Crippen molar-refractivity contribution >= 4 is 17.5 Å². The van der Waals surface area contributed by atoms with E-state index in [1.165, 1.54) is 0 Å². The molecule has 2 amide bonds. The third-order valence-electron chi connectivity index (χ3n) is 4.98. The number of rotatable bonds is 5. The molecule has 1 aliphatic heterocycles. The zero-order valence-corrected chi connectivity index (χ0v) is 16.8. The van der Waals surface area contributed by atoms with E-state index in [2.05, 4.69) is 11.4 Å². The molecule has 1 heterocycles. The second kappa shape index (κ2) is 8.91. The molecule has 2 aromatic carbocycles. The lowest BCUT2D eigenvalue weighted by Crippen LogP contribution is -2.43. The third-order valence-corrected chi connectivity index (χ3v) is 4.98. The number of hydrogen-bond acceptors (Lipinski definition) is 3. The fourth-order valence-corrected chi connectivity index (χ4v) is 3.70. The SMILES string of the molecule is CCOc1ccc(NC(=O)[C@H]2CCCN(C(=O)c3cc(C)cc(C)c3)C2)cc1. The fraction of sp³-hybridized carbons (Fsp3) is 0.391. The molecular weight excluding hydrogens is 352 g/mol. The van der Waals surface area contributed by atoms with Gasteiger partial charge >= 0.3 is 0 Å². The molecule has 5 nitrogen and oxygen atoms in total. The summed E-state index contributed by atoms with van der Waals surface area (Å²) < 4.78 is 5.42. The highest BCUT2D eigenvalue weighted by atomic mass is 16.5. The lowest BCUT2D eigenvalue weighted by Gasteiger charge is -2.32. The van der Waals surface area contributed by atoms with Crippen molar-refractivity contribution in [2.24, 2.45) is 5.92 Å². The average molecular weight is 380 g/mol. The van der Waals surface area contributed by atoms with E-state index in [1.807, 2.05) is 57.2 Å². The second-order valence-electron chi connectivity index (χ2n) is 7.41. The lowest BCUT2D eigenvalue weighted by atomic mass is 9.96. The topological polar surface area (TPSA) is 58.6 Å². The first-order valence-corrected chi connectivity index (χ1v) is 9.87. The van der Waals surface area contributed by atoms with Crippen LogP contribution in [0, 0.1) is 19.8 Å². The molecule has 1 fully saturated rings. The molecule has 2 aromatic rings. The van der Waals surface area contributed by atoms with Crippen molar-refractivity contribution < 1.29 is 14.3 Å². The van der Waals surface area contributed by atoms with Crippen LogP contribution >= 0.6 is 0 Å². The van der Waals surface area contributed by atoms with E-state index in [0.29, 0.717) is 25.3 Å². The summed E-state index contributed by atoms with van der Waals surface area (Å²) >= 11 is 0. The average Bonchev–Trinajstić information content (AvgIpc) is 2.68. The molecule has 0 spiro atoms. The van der Waals surface area contributed by atoms with Crippen molar-refractivity contribution in [1.82, 2.24) is 4.90 Å². The highest BCUT2D eigenvalue weighted by Crippen LogP contribution is 2.22. The quantitative estimate of drug-likeness (QED) is 0.846. The molecule has 5 heteroatoms. The molecule has 3 rings (SSSR count). The minimum atomic E-state index is -0.199. The Balaban J connectivity index is 1.63.